The molecule has 1 aliphatic rings. The first kappa shape index (κ1) is 13.7. The highest BCUT2D eigenvalue weighted by molar-refractivity contribution is 5.77. The zero-order valence-electron chi connectivity index (χ0n) is 11.3. The van der Waals surface area contributed by atoms with Crippen LogP contribution in [0.5, 0.6) is 5.75 Å². The number of hydrogen-bond acceptors (Lipinski definition) is 2. The summed E-state index contributed by atoms with van der Waals surface area (Å²) in [6.45, 7) is 5.60. The van der Waals surface area contributed by atoms with Gasteiger partial charge in [-0.2, -0.15) is 0 Å². The van der Waals surface area contributed by atoms with E-state index in [-0.39, 0.29) is 12.5 Å². The van der Waals surface area contributed by atoms with Gasteiger partial charge in [-0.15, -0.1) is 6.58 Å². The number of carbonyl (C=O) groups is 1. The van der Waals surface area contributed by atoms with Crippen molar-refractivity contribution in [2.45, 2.75) is 25.7 Å². The largest absolute Gasteiger partial charge is 0.484 e. The Balaban J connectivity index is 1.80. The van der Waals surface area contributed by atoms with Gasteiger partial charge in [0.1, 0.15) is 5.75 Å². The van der Waals surface area contributed by atoms with Gasteiger partial charge in [-0.1, -0.05) is 18.2 Å². The smallest absolute Gasteiger partial charge is 0.260 e. The first-order valence-electron chi connectivity index (χ1n) is 6.90. The Labute approximate surface area is 114 Å². The summed E-state index contributed by atoms with van der Waals surface area (Å²) in [5.74, 6) is 0.841. The molecule has 0 saturated carbocycles. The van der Waals surface area contributed by atoms with Crippen LogP contribution in [0, 0.1) is 0 Å². The molecule has 1 aromatic carbocycles. The normalized spacial score (nSPS) is 15.1. The number of allylic oxidation sites excluding steroid dienone is 1. The summed E-state index contributed by atoms with van der Waals surface area (Å²) < 4.78 is 5.54. The maximum atomic E-state index is 11.9. The first-order valence-corrected chi connectivity index (χ1v) is 6.90. The number of amides is 1. The molecule has 19 heavy (non-hydrogen) atoms. The molecule has 1 heterocycles. The van der Waals surface area contributed by atoms with Gasteiger partial charge in [-0.3, -0.25) is 4.79 Å². The number of ether oxygens (including phenoxy) is 1. The summed E-state index contributed by atoms with van der Waals surface area (Å²) in [6.07, 6.45) is 6.18. The zero-order chi connectivity index (χ0) is 13.5. The van der Waals surface area contributed by atoms with Crippen LogP contribution in [0.3, 0.4) is 0 Å². The molecule has 3 heteroatoms. The van der Waals surface area contributed by atoms with Crippen molar-refractivity contribution in [2.75, 3.05) is 19.7 Å². The molecular formula is C16H21NO2. The number of carbonyl (C=O) groups excluding carboxylic acids is 1. The fraction of sp³-hybridized carbons (Fsp3) is 0.438. The van der Waals surface area contributed by atoms with E-state index in [2.05, 4.69) is 6.58 Å². The van der Waals surface area contributed by atoms with Crippen LogP contribution < -0.4 is 4.74 Å². The van der Waals surface area contributed by atoms with Crippen molar-refractivity contribution in [3.05, 3.63) is 42.5 Å². The van der Waals surface area contributed by atoms with Crippen molar-refractivity contribution >= 4 is 5.91 Å². The predicted octanol–water partition coefficient (Wildman–Crippen LogP) is 2.81. The molecule has 0 unspecified atom stereocenters. The van der Waals surface area contributed by atoms with E-state index in [4.69, 9.17) is 4.74 Å². The summed E-state index contributed by atoms with van der Waals surface area (Å²) in [5.41, 5.74) is 1.20. The molecule has 0 N–H and O–H groups in total. The molecule has 1 fully saturated rings. The van der Waals surface area contributed by atoms with Crippen molar-refractivity contribution in [3.63, 3.8) is 0 Å². The SMILES string of the molecule is C=CCc1ccc(OCC(=O)N2CCCCC2)cc1. The second-order valence-corrected chi connectivity index (χ2v) is 4.87. The van der Waals surface area contributed by atoms with Crippen LogP contribution in [0.1, 0.15) is 24.8 Å². The van der Waals surface area contributed by atoms with Gasteiger partial charge < -0.3 is 9.64 Å². The quantitative estimate of drug-likeness (QED) is 0.761. The van der Waals surface area contributed by atoms with E-state index in [1.165, 1.54) is 12.0 Å². The topological polar surface area (TPSA) is 29.5 Å². The van der Waals surface area contributed by atoms with Gasteiger partial charge in [0.25, 0.3) is 5.91 Å². The lowest BCUT2D eigenvalue weighted by atomic mass is 10.1. The van der Waals surface area contributed by atoms with E-state index in [0.717, 1.165) is 38.1 Å². The van der Waals surface area contributed by atoms with Gasteiger partial charge in [0.2, 0.25) is 0 Å². The Morgan fingerprint density at radius 1 is 1.21 bits per heavy atom. The van der Waals surface area contributed by atoms with E-state index in [1.54, 1.807) is 0 Å². The third kappa shape index (κ3) is 4.12. The molecule has 3 nitrogen and oxygen atoms in total. The summed E-state index contributed by atoms with van der Waals surface area (Å²) >= 11 is 0. The number of hydrogen-bond donors (Lipinski definition) is 0. The van der Waals surface area contributed by atoms with Crippen molar-refractivity contribution in [1.82, 2.24) is 4.90 Å². The molecule has 0 atom stereocenters. The third-order valence-corrected chi connectivity index (χ3v) is 3.37. The molecule has 0 aliphatic carbocycles. The zero-order valence-corrected chi connectivity index (χ0v) is 11.3. The summed E-state index contributed by atoms with van der Waals surface area (Å²) in [6, 6.07) is 7.81. The lowest BCUT2D eigenvalue weighted by Crippen LogP contribution is -2.38. The summed E-state index contributed by atoms with van der Waals surface area (Å²) in [5, 5.41) is 0. The molecule has 102 valence electrons. The lowest BCUT2D eigenvalue weighted by Gasteiger charge is -2.26. The summed E-state index contributed by atoms with van der Waals surface area (Å²) in [4.78, 5) is 13.8. The van der Waals surface area contributed by atoms with Gasteiger partial charge in [-0.25, -0.2) is 0 Å². The fourth-order valence-corrected chi connectivity index (χ4v) is 2.27. The van der Waals surface area contributed by atoms with Crippen LogP contribution >= 0.6 is 0 Å². The second kappa shape index (κ2) is 6.98. The van der Waals surface area contributed by atoms with E-state index in [9.17, 15) is 4.79 Å². The summed E-state index contributed by atoms with van der Waals surface area (Å²) in [7, 11) is 0. The highest BCUT2D eigenvalue weighted by atomic mass is 16.5. The van der Waals surface area contributed by atoms with Gasteiger partial charge in [-0.05, 0) is 43.4 Å². The number of piperidine rings is 1. The molecule has 1 aliphatic heterocycles. The van der Waals surface area contributed by atoms with Crippen LogP contribution in [0.25, 0.3) is 0 Å². The third-order valence-electron chi connectivity index (χ3n) is 3.37. The van der Waals surface area contributed by atoms with E-state index >= 15 is 0 Å². The van der Waals surface area contributed by atoms with Gasteiger partial charge in [0, 0.05) is 13.1 Å². The van der Waals surface area contributed by atoms with E-state index in [0.29, 0.717) is 0 Å². The Morgan fingerprint density at radius 3 is 2.53 bits per heavy atom. The van der Waals surface area contributed by atoms with E-state index < -0.39 is 0 Å². The minimum Gasteiger partial charge on any atom is -0.484 e. The molecular weight excluding hydrogens is 238 g/mol. The highest BCUT2D eigenvalue weighted by Crippen LogP contribution is 2.14. The standard InChI is InChI=1S/C16H21NO2/c1-2-6-14-7-9-15(10-8-14)19-13-16(18)17-11-4-3-5-12-17/h2,7-10H,1,3-6,11-13H2. The molecule has 1 amide bonds. The Hall–Kier alpha value is -1.77. The van der Waals surface area contributed by atoms with Crippen molar-refractivity contribution in [3.8, 4) is 5.75 Å². The molecule has 1 saturated heterocycles. The Morgan fingerprint density at radius 2 is 1.89 bits per heavy atom. The number of nitrogens with zero attached hydrogens (tertiary/aromatic N) is 1. The maximum absolute atomic E-state index is 11.9. The van der Waals surface area contributed by atoms with Gasteiger partial charge in [0.15, 0.2) is 6.61 Å². The Bertz CT molecular complexity index is 419. The monoisotopic (exact) mass is 259 g/mol. The second-order valence-electron chi connectivity index (χ2n) is 4.87. The van der Waals surface area contributed by atoms with Crippen LogP contribution in [0.2, 0.25) is 0 Å². The average molecular weight is 259 g/mol. The van der Waals surface area contributed by atoms with Crippen molar-refractivity contribution in [2.24, 2.45) is 0 Å². The minimum atomic E-state index is 0.0925. The first-order chi connectivity index (χ1) is 9.29. The molecule has 1 aromatic rings. The van der Waals surface area contributed by atoms with Gasteiger partial charge in [0.05, 0.1) is 0 Å². The van der Waals surface area contributed by atoms with E-state index in [1.807, 2.05) is 35.2 Å². The van der Waals surface area contributed by atoms with Crippen LogP contribution in [-0.2, 0) is 11.2 Å². The molecule has 0 spiro atoms. The number of likely N-dealkylation sites (tertiary alicyclic amines) is 1. The van der Waals surface area contributed by atoms with Crippen molar-refractivity contribution in [1.29, 1.82) is 0 Å². The van der Waals surface area contributed by atoms with Crippen LogP contribution in [0.4, 0.5) is 0 Å². The molecule has 0 bridgehead atoms. The fourth-order valence-electron chi connectivity index (χ4n) is 2.27. The number of rotatable bonds is 5. The Kier molecular flexibility index (Phi) is 5.01. The molecule has 0 aromatic heterocycles. The maximum Gasteiger partial charge on any atom is 0.260 e. The minimum absolute atomic E-state index is 0.0925. The predicted molar refractivity (Wildman–Crippen MR) is 76.3 cm³/mol. The molecule has 0 radical (unpaired) electrons. The number of benzene rings is 1. The van der Waals surface area contributed by atoms with Crippen molar-refractivity contribution < 1.29 is 9.53 Å². The van der Waals surface area contributed by atoms with Crippen LogP contribution in [-0.4, -0.2) is 30.5 Å². The lowest BCUT2D eigenvalue weighted by molar-refractivity contribution is -0.134. The average Bonchev–Trinajstić information content (AvgIpc) is 2.47. The highest BCUT2D eigenvalue weighted by Gasteiger charge is 2.16. The van der Waals surface area contributed by atoms with Crippen LogP contribution in [0.15, 0.2) is 36.9 Å². The molecule has 2 rings (SSSR count). The van der Waals surface area contributed by atoms with Gasteiger partial charge >= 0.3 is 0 Å².